The summed E-state index contributed by atoms with van der Waals surface area (Å²) >= 11 is 0. The maximum absolute atomic E-state index is 12.5. The van der Waals surface area contributed by atoms with Crippen molar-refractivity contribution in [3.63, 3.8) is 0 Å². The van der Waals surface area contributed by atoms with Crippen LogP contribution in [0.25, 0.3) is 0 Å². The number of rotatable bonds is 3. The van der Waals surface area contributed by atoms with E-state index in [-0.39, 0.29) is 17.4 Å². The summed E-state index contributed by atoms with van der Waals surface area (Å²) in [6.45, 7) is 0.716. The van der Waals surface area contributed by atoms with E-state index in [2.05, 4.69) is 16.4 Å². The van der Waals surface area contributed by atoms with Crippen molar-refractivity contribution < 1.29 is 9.53 Å². The number of nitrogens with zero attached hydrogens (tertiary/aromatic N) is 1. The average molecular weight is 286 g/mol. The van der Waals surface area contributed by atoms with Crippen LogP contribution in [0.5, 0.6) is 0 Å². The van der Waals surface area contributed by atoms with Gasteiger partial charge in [-0.1, -0.05) is 6.07 Å². The van der Waals surface area contributed by atoms with Crippen LogP contribution in [0.15, 0.2) is 18.2 Å². The van der Waals surface area contributed by atoms with Gasteiger partial charge in [0.05, 0.1) is 5.60 Å². The normalized spacial score (nSPS) is 27.1. The molecule has 1 aliphatic heterocycles. The summed E-state index contributed by atoms with van der Waals surface area (Å²) in [4.78, 5) is 17.1. The highest BCUT2D eigenvalue weighted by Crippen LogP contribution is 2.44. The van der Waals surface area contributed by atoms with Crippen LogP contribution < -0.4 is 5.32 Å². The van der Waals surface area contributed by atoms with Gasteiger partial charge in [0.25, 0.3) is 0 Å². The van der Waals surface area contributed by atoms with Gasteiger partial charge in [0.15, 0.2) is 0 Å². The van der Waals surface area contributed by atoms with Gasteiger partial charge in [0, 0.05) is 24.1 Å². The summed E-state index contributed by atoms with van der Waals surface area (Å²) in [5.41, 5.74) is 1.14. The molecule has 0 radical (unpaired) electrons. The topological polar surface area (TPSA) is 51.2 Å². The average Bonchev–Trinajstić information content (AvgIpc) is 3.31. The predicted molar refractivity (Wildman–Crippen MR) is 80.1 cm³/mol. The van der Waals surface area contributed by atoms with Crippen molar-refractivity contribution in [1.29, 1.82) is 0 Å². The zero-order valence-corrected chi connectivity index (χ0v) is 12.3. The number of anilines is 1. The molecule has 1 atom stereocenters. The third-order valence-electron chi connectivity index (χ3n) is 5.15. The first-order chi connectivity index (χ1) is 10.2. The highest BCUT2D eigenvalue weighted by Gasteiger charge is 2.44. The number of nitrogens with one attached hydrogen (secondary N) is 1. The molecule has 4 heteroatoms. The Bertz CT molecular complexity index is 549. The molecule has 1 saturated heterocycles. The van der Waals surface area contributed by atoms with Gasteiger partial charge in [-0.2, -0.15) is 0 Å². The summed E-state index contributed by atoms with van der Waals surface area (Å²) in [5, 5.41) is 3.02. The Morgan fingerprint density at radius 3 is 2.86 bits per heavy atom. The number of hydrogen-bond acceptors (Lipinski definition) is 3. The monoisotopic (exact) mass is 286 g/mol. The lowest BCUT2D eigenvalue weighted by Gasteiger charge is -2.46. The Morgan fingerprint density at radius 2 is 2.14 bits per heavy atom. The lowest BCUT2D eigenvalue weighted by molar-refractivity contribution is -0.153. The smallest absolute Gasteiger partial charge is 0.228 e. The minimum Gasteiger partial charge on any atom is -0.375 e. The van der Waals surface area contributed by atoms with Crippen molar-refractivity contribution in [3.8, 4) is 0 Å². The minimum absolute atomic E-state index is 0.0174. The summed E-state index contributed by atoms with van der Waals surface area (Å²) in [5.74, 6) is 1.51. The van der Waals surface area contributed by atoms with Crippen LogP contribution in [-0.4, -0.2) is 23.1 Å². The Labute approximate surface area is 125 Å². The van der Waals surface area contributed by atoms with Crippen molar-refractivity contribution >= 4 is 11.7 Å². The van der Waals surface area contributed by atoms with Crippen molar-refractivity contribution in [3.05, 3.63) is 23.9 Å². The molecule has 2 heterocycles. The molecule has 1 N–H and O–H groups in total. The van der Waals surface area contributed by atoms with Gasteiger partial charge in [-0.05, 0) is 57.1 Å². The van der Waals surface area contributed by atoms with E-state index in [1.165, 1.54) is 19.3 Å². The zero-order chi connectivity index (χ0) is 14.3. The molecule has 2 aliphatic carbocycles. The fourth-order valence-electron chi connectivity index (χ4n) is 3.53. The molecule has 1 spiro atoms. The number of hydrogen-bond donors (Lipinski definition) is 1. The zero-order valence-electron chi connectivity index (χ0n) is 12.3. The van der Waals surface area contributed by atoms with Crippen LogP contribution in [0, 0.1) is 5.92 Å². The number of carbonyl (C=O) groups is 1. The van der Waals surface area contributed by atoms with E-state index in [0.717, 1.165) is 31.4 Å². The SMILES string of the molecule is O=C(Nc1cccc(C2CC2)n1)[C@H]1CCOC2(CCC2)C1. The second kappa shape index (κ2) is 5.09. The molecule has 0 bridgehead atoms. The molecule has 112 valence electrons. The fourth-order valence-corrected chi connectivity index (χ4v) is 3.53. The predicted octanol–water partition coefficient (Wildman–Crippen LogP) is 3.25. The molecule has 21 heavy (non-hydrogen) atoms. The van der Waals surface area contributed by atoms with Gasteiger partial charge in [-0.3, -0.25) is 4.79 Å². The van der Waals surface area contributed by atoms with Gasteiger partial charge < -0.3 is 10.1 Å². The van der Waals surface area contributed by atoms with Crippen molar-refractivity contribution in [2.75, 3.05) is 11.9 Å². The highest BCUT2D eigenvalue weighted by molar-refractivity contribution is 5.91. The van der Waals surface area contributed by atoms with Gasteiger partial charge in [-0.15, -0.1) is 0 Å². The third-order valence-corrected chi connectivity index (χ3v) is 5.15. The van der Waals surface area contributed by atoms with Crippen LogP contribution >= 0.6 is 0 Å². The van der Waals surface area contributed by atoms with Crippen LogP contribution in [0.4, 0.5) is 5.82 Å². The molecule has 4 nitrogen and oxygen atoms in total. The molecule has 0 aromatic carbocycles. The van der Waals surface area contributed by atoms with Crippen LogP contribution in [-0.2, 0) is 9.53 Å². The van der Waals surface area contributed by atoms with Crippen molar-refractivity contribution in [1.82, 2.24) is 4.98 Å². The Morgan fingerprint density at radius 1 is 1.29 bits per heavy atom. The number of carbonyl (C=O) groups excluding carboxylic acids is 1. The van der Waals surface area contributed by atoms with E-state index in [4.69, 9.17) is 4.74 Å². The second-order valence-corrected chi connectivity index (χ2v) is 6.79. The molecule has 1 aromatic rings. The molecule has 3 aliphatic rings. The number of aromatic nitrogens is 1. The Hall–Kier alpha value is -1.42. The summed E-state index contributed by atoms with van der Waals surface area (Å²) < 4.78 is 5.90. The molecule has 3 fully saturated rings. The molecule has 1 amide bonds. The summed E-state index contributed by atoms with van der Waals surface area (Å²) in [6, 6.07) is 5.95. The van der Waals surface area contributed by atoms with Gasteiger partial charge >= 0.3 is 0 Å². The molecule has 0 unspecified atom stereocenters. The van der Waals surface area contributed by atoms with Crippen molar-refractivity contribution in [2.24, 2.45) is 5.92 Å². The van der Waals surface area contributed by atoms with E-state index in [1.54, 1.807) is 0 Å². The van der Waals surface area contributed by atoms with E-state index < -0.39 is 0 Å². The maximum Gasteiger partial charge on any atom is 0.228 e. The quantitative estimate of drug-likeness (QED) is 0.928. The molecule has 4 rings (SSSR count). The van der Waals surface area contributed by atoms with Gasteiger partial charge in [-0.25, -0.2) is 4.98 Å². The molecular formula is C17H22N2O2. The number of amides is 1. The van der Waals surface area contributed by atoms with Crippen LogP contribution in [0.2, 0.25) is 0 Å². The minimum atomic E-state index is 0.0174. The van der Waals surface area contributed by atoms with E-state index in [9.17, 15) is 4.79 Å². The first kappa shape index (κ1) is 13.3. The van der Waals surface area contributed by atoms with E-state index in [0.29, 0.717) is 18.3 Å². The molecular weight excluding hydrogens is 264 g/mol. The first-order valence-electron chi connectivity index (χ1n) is 8.16. The molecule has 1 aromatic heterocycles. The number of pyridine rings is 1. The van der Waals surface area contributed by atoms with E-state index >= 15 is 0 Å². The lowest BCUT2D eigenvalue weighted by atomic mass is 9.72. The largest absolute Gasteiger partial charge is 0.375 e. The summed E-state index contributed by atoms with van der Waals surface area (Å²) in [7, 11) is 0. The van der Waals surface area contributed by atoms with Crippen molar-refractivity contribution in [2.45, 2.75) is 56.5 Å². The summed E-state index contributed by atoms with van der Waals surface area (Å²) in [6.07, 6.45) is 7.63. The standard InChI is InChI=1S/C17H22N2O2/c20-16(13-7-10-21-17(11-13)8-2-9-17)19-15-4-1-3-14(18-15)12-5-6-12/h1,3-4,12-13H,2,5-11H2,(H,18,19,20)/t13-/m0/s1. The third kappa shape index (κ3) is 2.69. The maximum atomic E-state index is 12.5. The van der Waals surface area contributed by atoms with Crippen LogP contribution in [0.3, 0.4) is 0 Å². The first-order valence-corrected chi connectivity index (χ1v) is 8.16. The van der Waals surface area contributed by atoms with E-state index in [1.807, 2.05) is 12.1 Å². The lowest BCUT2D eigenvalue weighted by Crippen LogP contribution is -2.47. The van der Waals surface area contributed by atoms with Gasteiger partial charge in [0.1, 0.15) is 5.82 Å². The Balaban J connectivity index is 1.41. The number of ether oxygens (including phenoxy) is 1. The fraction of sp³-hybridized carbons (Fsp3) is 0.647. The second-order valence-electron chi connectivity index (χ2n) is 6.79. The van der Waals surface area contributed by atoms with Crippen LogP contribution in [0.1, 0.15) is 56.6 Å². The highest BCUT2D eigenvalue weighted by atomic mass is 16.5. The molecule has 2 saturated carbocycles. The Kier molecular flexibility index (Phi) is 3.21. The van der Waals surface area contributed by atoms with Gasteiger partial charge in [0.2, 0.25) is 5.91 Å².